The molecule has 1 aromatic rings. The van der Waals surface area contributed by atoms with E-state index in [-0.39, 0.29) is 24.3 Å². The molecular formula is C15H23N5O3. The maximum Gasteiger partial charge on any atom is 0.244 e. The molecule has 2 heterocycles. The molecule has 2 rings (SSSR count). The standard InChI is InChI=1S/C15H23N5O3/c1-11-6-17-20(7-11)10-14(22)19-5-4-18(12(2)21)8-13(9-19)15(23)16-3/h6-7,13H,4-5,8-10H2,1-3H3,(H,16,23)/t13-/m0/s1. The van der Waals surface area contributed by atoms with Gasteiger partial charge in [0, 0.05) is 46.3 Å². The van der Waals surface area contributed by atoms with E-state index >= 15 is 0 Å². The highest BCUT2D eigenvalue weighted by Gasteiger charge is 2.30. The number of nitrogens with zero attached hydrogens (tertiary/aromatic N) is 4. The molecule has 8 heteroatoms. The van der Waals surface area contributed by atoms with Crippen molar-refractivity contribution in [3.8, 4) is 0 Å². The summed E-state index contributed by atoms with van der Waals surface area (Å²) in [5.74, 6) is -0.774. The Bertz CT molecular complexity index is 598. The SMILES string of the molecule is CNC(=O)[C@H]1CN(C(C)=O)CCN(C(=O)Cn2cc(C)cn2)C1. The number of hydrogen-bond acceptors (Lipinski definition) is 4. The van der Waals surface area contributed by atoms with Crippen LogP contribution in [-0.4, -0.2) is 70.5 Å². The molecule has 1 aromatic heterocycles. The van der Waals surface area contributed by atoms with Gasteiger partial charge < -0.3 is 15.1 Å². The van der Waals surface area contributed by atoms with Crippen LogP contribution < -0.4 is 5.32 Å². The van der Waals surface area contributed by atoms with E-state index in [9.17, 15) is 14.4 Å². The molecule has 0 saturated carbocycles. The largest absolute Gasteiger partial charge is 0.359 e. The molecule has 0 radical (unpaired) electrons. The van der Waals surface area contributed by atoms with Crippen molar-refractivity contribution in [2.45, 2.75) is 20.4 Å². The average molecular weight is 321 g/mol. The zero-order chi connectivity index (χ0) is 17.0. The zero-order valence-corrected chi connectivity index (χ0v) is 13.8. The molecule has 1 aliphatic rings. The van der Waals surface area contributed by atoms with E-state index in [2.05, 4.69) is 10.4 Å². The summed E-state index contributed by atoms with van der Waals surface area (Å²) in [6.07, 6.45) is 3.49. The van der Waals surface area contributed by atoms with Crippen molar-refractivity contribution in [2.75, 3.05) is 33.2 Å². The number of nitrogens with one attached hydrogen (secondary N) is 1. The van der Waals surface area contributed by atoms with Crippen molar-refractivity contribution in [3.63, 3.8) is 0 Å². The Labute approximate surface area is 135 Å². The monoisotopic (exact) mass is 321 g/mol. The number of rotatable bonds is 3. The second kappa shape index (κ2) is 7.26. The summed E-state index contributed by atoms with van der Waals surface area (Å²) in [6.45, 7) is 5.02. The fourth-order valence-corrected chi connectivity index (χ4v) is 2.69. The second-order valence-electron chi connectivity index (χ2n) is 5.83. The van der Waals surface area contributed by atoms with Gasteiger partial charge >= 0.3 is 0 Å². The molecule has 3 amide bonds. The zero-order valence-electron chi connectivity index (χ0n) is 13.8. The summed E-state index contributed by atoms with van der Waals surface area (Å²) in [5, 5.41) is 6.71. The molecule has 1 atom stereocenters. The molecule has 0 spiro atoms. The molecule has 1 fully saturated rings. The maximum atomic E-state index is 12.5. The Balaban J connectivity index is 2.09. The van der Waals surface area contributed by atoms with E-state index < -0.39 is 5.92 Å². The van der Waals surface area contributed by atoms with E-state index in [1.54, 1.807) is 33.9 Å². The third kappa shape index (κ3) is 4.30. The minimum absolute atomic E-state index is 0.0871. The Kier molecular flexibility index (Phi) is 5.36. The first-order valence-corrected chi connectivity index (χ1v) is 7.64. The summed E-state index contributed by atoms with van der Waals surface area (Å²) in [5.41, 5.74) is 0.986. The van der Waals surface area contributed by atoms with Crippen LogP contribution in [0.15, 0.2) is 12.4 Å². The Morgan fingerprint density at radius 3 is 2.48 bits per heavy atom. The molecule has 126 valence electrons. The van der Waals surface area contributed by atoms with Crippen molar-refractivity contribution >= 4 is 17.7 Å². The number of carbonyl (C=O) groups is 3. The predicted molar refractivity (Wildman–Crippen MR) is 83.4 cm³/mol. The maximum absolute atomic E-state index is 12.5. The Morgan fingerprint density at radius 1 is 1.26 bits per heavy atom. The van der Waals surface area contributed by atoms with E-state index in [0.717, 1.165) is 5.56 Å². The van der Waals surface area contributed by atoms with Gasteiger partial charge in [-0.2, -0.15) is 5.10 Å². The lowest BCUT2D eigenvalue weighted by Crippen LogP contribution is -2.42. The summed E-state index contributed by atoms with van der Waals surface area (Å²) in [4.78, 5) is 39.4. The lowest BCUT2D eigenvalue weighted by atomic mass is 10.1. The van der Waals surface area contributed by atoms with Crippen LogP contribution in [0.25, 0.3) is 0 Å². The van der Waals surface area contributed by atoms with Crippen LogP contribution in [0.3, 0.4) is 0 Å². The van der Waals surface area contributed by atoms with Crippen molar-refractivity contribution in [3.05, 3.63) is 18.0 Å². The third-order valence-corrected chi connectivity index (χ3v) is 4.00. The second-order valence-corrected chi connectivity index (χ2v) is 5.83. The van der Waals surface area contributed by atoms with E-state index in [1.807, 2.05) is 6.92 Å². The van der Waals surface area contributed by atoms with Gasteiger partial charge in [0.15, 0.2) is 0 Å². The molecule has 1 aliphatic heterocycles. The highest BCUT2D eigenvalue weighted by atomic mass is 16.2. The molecule has 8 nitrogen and oxygen atoms in total. The quantitative estimate of drug-likeness (QED) is 0.793. The Hall–Kier alpha value is -2.38. The molecule has 0 aliphatic carbocycles. The number of carbonyl (C=O) groups excluding carboxylic acids is 3. The smallest absolute Gasteiger partial charge is 0.244 e. The molecule has 1 saturated heterocycles. The van der Waals surface area contributed by atoms with Gasteiger partial charge in [-0.05, 0) is 12.5 Å². The molecule has 0 bridgehead atoms. The first kappa shape index (κ1) is 17.0. The van der Waals surface area contributed by atoms with Crippen LogP contribution in [0.4, 0.5) is 0 Å². The summed E-state index contributed by atoms with van der Waals surface area (Å²) in [7, 11) is 1.56. The van der Waals surface area contributed by atoms with Crippen LogP contribution in [0.1, 0.15) is 12.5 Å². The third-order valence-electron chi connectivity index (χ3n) is 4.00. The van der Waals surface area contributed by atoms with Gasteiger partial charge in [-0.3, -0.25) is 19.1 Å². The Morgan fingerprint density at radius 2 is 1.91 bits per heavy atom. The van der Waals surface area contributed by atoms with Gasteiger partial charge in [0.2, 0.25) is 17.7 Å². The number of hydrogen-bond donors (Lipinski definition) is 1. The average Bonchev–Trinajstić information content (AvgIpc) is 2.79. The lowest BCUT2D eigenvalue weighted by Gasteiger charge is -2.23. The first-order valence-electron chi connectivity index (χ1n) is 7.64. The normalized spacial score (nSPS) is 18.5. The van der Waals surface area contributed by atoms with Crippen molar-refractivity contribution < 1.29 is 14.4 Å². The topological polar surface area (TPSA) is 87.5 Å². The first-order chi connectivity index (χ1) is 10.9. The minimum atomic E-state index is -0.422. The van der Waals surface area contributed by atoms with Crippen LogP contribution in [0.5, 0.6) is 0 Å². The van der Waals surface area contributed by atoms with Crippen LogP contribution >= 0.6 is 0 Å². The van der Waals surface area contributed by atoms with Crippen LogP contribution in [0, 0.1) is 12.8 Å². The summed E-state index contributed by atoms with van der Waals surface area (Å²) >= 11 is 0. The lowest BCUT2D eigenvalue weighted by molar-refractivity contribution is -0.133. The predicted octanol–water partition coefficient (Wildman–Crippen LogP) is -0.756. The fourth-order valence-electron chi connectivity index (χ4n) is 2.69. The van der Waals surface area contributed by atoms with Crippen LogP contribution in [0.2, 0.25) is 0 Å². The summed E-state index contributed by atoms with van der Waals surface area (Å²) < 4.78 is 1.58. The highest BCUT2D eigenvalue weighted by Crippen LogP contribution is 2.11. The fraction of sp³-hybridized carbons (Fsp3) is 0.600. The number of aryl methyl sites for hydroxylation is 1. The van der Waals surface area contributed by atoms with Gasteiger partial charge in [-0.15, -0.1) is 0 Å². The number of aromatic nitrogens is 2. The van der Waals surface area contributed by atoms with E-state index in [1.165, 1.54) is 6.92 Å². The van der Waals surface area contributed by atoms with Crippen molar-refractivity contribution in [2.24, 2.45) is 5.92 Å². The van der Waals surface area contributed by atoms with Gasteiger partial charge in [-0.1, -0.05) is 0 Å². The molecule has 23 heavy (non-hydrogen) atoms. The minimum Gasteiger partial charge on any atom is -0.359 e. The van der Waals surface area contributed by atoms with Gasteiger partial charge in [0.05, 0.1) is 12.1 Å². The molecular weight excluding hydrogens is 298 g/mol. The van der Waals surface area contributed by atoms with Crippen molar-refractivity contribution in [1.29, 1.82) is 0 Å². The highest BCUT2D eigenvalue weighted by molar-refractivity contribution is 5.82. The summed E-state index contributed by atoms with van der Waals surface area (Å²) in [6, 6.07) is 0. The van der Waals surface area contributed by atoms with Crippen LogP contribution in [-0.2, 0) is 20.9 Å². The van der Waals surface area contributed by atoms with Crippen molar-refractivity contribution in [1.82, 2.24) is 24.9 Å². The number of amides is 3. The molecule has 0 aromatic carbocycles. The van der Waals surface area contributed by atoms with Gasteiger partial charge in [0.25, 0.3) is 0 Å². The van der Waals surface area contributed by atoms with E-state index in [0.29, 0.717) is 26.2 Å². The molecule has 0 unspecified atom stereocenters. The van der Waals surface area contributed by atoms with Gasteiger partial charge in [-0.25, -0.2) is 0 Å². The van der Waals surface area contributed by atoms with E-state index in [4.69, 9.17) is 0 Å². The molecule has 1 N–H and O–H groups in total. The van der Waals surface area contributed by atoms with Gasteiger partial charge in [0.1, 0.15) is 6.54 Å².